The Labute approximate surface area is 83.1 Å². The first kappa shape index (κ1) is 9.06. The summed E-state index contributed by atoms with van der Waals surface area (Å²) in [7, 11) is 1.75. The van der Waals surface area contributed by atoms with Gasteiger partial charge < -0.3 is 9.88 Å². The van der Waals surface area contributed by atoms with Crippen LogP contribution in [0.2, 0.25) is 0 Å². The first-order valence-electron chi connectivity index (χ1n) is 4.84. The molecule has 3 nitrogen and oxygen atoms in total. The SMILES string of the molecule is Cn1ccc(NC2CC=CC2)cc1=O. The predicted octanol–water partition coefficient (Wildman–Crippen LogP) is 1.52. The molecule has 0 aromatic carbocycles. The number of nitrogens with zero attached hydrogens (tertiary/aromatic N) is 1. The van der Waals surface area contributed by atoms with E-state index >= 15 is 0 Å². The Balaban J connectivity index is 2.09. The molecule has 1 aromatic rings. The molecule has 1 N–H and O–H groups in total. The van der Waals surface area contributed by atoms with Crippen LogP contribution < -0.4 is 10.9 Å². The van der Waals surface area contributed by atoms with Gasteiger partial charge in [0.05, 0.1) is 0 Å². The molecule has 3 heteroatoms. The quantitative estimate of drug-likeness (QED) is 0.717. The third kappa shape index (κ3) is 1.87. The summed E-state index contributed by atoms with van der Waals surface area (Å²) in [6, 6.07) is 4.03. The van der Waals surface area contributed by atoms with Gasteiger partial charge in [-0.2, -0.15) is 0 Å². The van der Waals surface area contributed by atoms with E-state index in [1.54, 1.807) is 23.9 Å². The van der Waals surface area contributed by atoms with E-state index in [0.29, 0.717) is 6.04 Å². The lowest BCUT2D eigenvalue weighted by Gasteiger charge is -2.13. The summed E-state index contributed by atoms with van der Waals surface area (Å²) in [4.78, 5) is 11.3. The molecule has 0 atom stereocenters. The third-order valence-electron chi connectivity index (χ3n) is 2.48. The second-order valence-electron chi connectivity index (χ2n) is 3.65. The minimum absolute atomic E-state index is 0.0287. The maximum absolute atomic E-state index is 11.3. The van der Waals surface area contributed by atoms with Gasteiger partial charge in [0.25, 0.3) is 5.56 Å². The zero-order valence-corrected chi connectivity index (χ0v) is 8.23. The fourth-order valence-corrected chi connectivity index (χ4v) is 1.61. The molecule has 0 saturated heterocycles. The second kappa shape index (κ2) is 3.70. The molecule has 0 spiro atoms. The van der Waals surface area contributed by atoms with Crippen LogP contribution in [0, 0.1) is 0 Å². The van der Waals surface area contributed by atoms with Crippen LogP contribution in [0.1, 0.15) is 12.8 Å². The summed E-state index contributed by atoms with van der Waals surface area (Å²) in [5, 5.41) is 3.33. The number of pyridine rings is 1. The topological polar surface area (TPSA) is 34.0 Å². The highest BCUT2D eigenvalue weighted by Crippen LogP contribution is 2.15. The van der Waals surface area contributed by atoms with Gasteiger partial charge in [0.15, 0.2) is 0 Å². The minimum atomic E-state index is 0.0287. The first-order chi connectivity index (χ1) is 6.75. The van der Waals surface area contributed by atoms with Crippen LogP contribution in [0.15, 0.2) is 35.3 Å². The highest BCUT2D eigenvalue weighted by Gasteiger charge is 2.09. The van der Waals surface area contributed by atoms with Gasteiger partial charge in [0.2, 0.25) is 0 Å². The smallest absolute Gasteiger partial charge is 0.252 e. The molecule has 2 rings (SSSR count). The van der Waals surface area contributed by atoms with Crippen molar-refractivity contribution < 1.29 is 0 Å². The van der Waals surface area contributed by atoms with Gasteiger partial charge in [0.1, 0.15) is 0 Å². The van der Waals surface area contributed by atoms with Crippen LogP contribution in [0.3, 0.4) is 0 Å². The predicted molar refractivity (Wildman–Crippen MR) is 57.5 cm³/mol. The van der Waals surface area contributed by atoms with Crippen molar-refractivity contribution in [3.8, 4) is 0 Å². The number of aromatic nitrogens is 1. The monoisotopic (exact) mass is 190 g/mol. The molecule has 0 amide bonds. The molecular weight excluding hydrogens is 176 g/mol. The average Bonchev–Trinajstić information content (AvgIpc) is 2.64. The molecule has 0 radical (unpaired) electrons. The Morgan fingerprint density at radius 1 is 1.43 bits per heavy atom. The van der Waals surface area contributed by atoms with E-state index in [2.05, 4.69) is 17.5 Å². The number of hydrogen-bond acceptors (Lipinski definition) is 2. The van der Waals surface area contributed by atoms with Crippen LogP contribution in [0.25, 0.3) is 0 Å². The van der Waals surface area contributed by atoms with Crippen LogP contribution in [-0.4, -0.2) is 10.6 Å². The van der Waals surface area contributed by atoms with Gasteiger partial charge in [-0.25, -0.2) is 0 Å². The molecule has 0 bridgehead atoms. The third-order valence-corrected chi connectivity index (χ3v) is 2.48. The number of aryl methyl sites for hydroxylation is 1. The van der Waals surface area contributed by atoms with Gasteiger partial charge in [0, 0.05) is 31.0 Å². The Hall–Kier alpha value is -1.51. The zero-order chi connectivity index (χ0) is 9.97. The maximum Gasteiger partial charge on any atom is 0.252 e. The Morgan fingerprint density at radius 3 is 2.79 bits per heavy atom. The van der Waals surface area contributed by atoms with Crippen molar-refractivity contribution in [3.05, 3.63) is 40.8 Å². The van der Waals surface area contributed by atoms with Crippen molar-refractivity contribution in [3.63, 3.8) is 0 Å². The summed E-state index contributed by atoms with van der Waals surface area (Å²) in [5.74, 6) is 0. The van der Waals surface area contributed by atoms with E-state index in [1.165, 1.54) is 0 Å². The van der Waals surface area contributed by atoms with Gasteiger partial charge in [-0.05, 0) is 18.9 Å². The van der Waals surface area contributed by atoms with E-state index < -0.39 is 0 Å². The highest BCUT2D eigenvalue weighted by molar-refractivity contribution is 5.42. The van der Waals surface area contributed by atoms with Crippen LogP contribution in [0.4, 0.5) is 5.69 Å². The number of anilines is 1. The van der Waals surface area contributed by atoms with Crippen molar-refractivity contribution in [2.75, 3.05) is 5.32 Å². The molecule has 0 aliphatic heterocycles. The number of hydrogen-bond donors (Lipinski definition) is 1. The van der Waals surface area contributed by atoms with E-state index in [9.17, 15) is 4.79 Å². The van der Waals surface area contributed by atoms with Crippen molar-refractivity contribution >= 4 is 5.69 Å². The largest absolute Gasteiger partial charge is 0.381 e. The molecule has 0 unspecified atom stereocenters. The van der Waals surface area contributed by atoms with Crippen LogP contribution >= 0.6 is 0 Å². The fourth-order valence-electron chi connectivity index (χ4n) is 1.61. The molecule has 1 aliphatic rings. The van der Waals surface area contributed by atoms with Crippen molar-refractivity contribution in [1.29, 1.82) is 0 Å². The lowest BCUT2D eigenvalue weighted by molar-refractivity contribution is 0.782. The Morgan fingerprint density at radius 2 is 2.14 bits per heavy atom. The van der Waals surface area contributed by atoms with Crippen molar-refractivity contribution in [1.82, 2.24) is 4.57 Å². The number of rotatable bonds is 2. The molecule has 0 fully saturated rings. The number of nitrogens with one attached hydrogen (secondary N) is 1. The summed E-state index contributed by atoms with van der Waals surface area (Å²) in [5.41, 5.74) is 0.947. The lowest BCUT2D eigenvalue weighted by atomic mass is 10.2. The second-order valence-corrected chi connectivity index (χ2v) is 3.65. The molecule has 1 heterocycles. The van der Waals surface area contributed by atoms with E-state index in [1.807, 2.05) is 6.07 Å². The van der Waals surface area contributed by atoms with E-state index in [0.717, 1.165) is 18.5 Å². The van der Waals surface area contributed by atoms with Gasteiger partial charge in [-0.1, -0.05) is 12.2 Å². The Kier molecular flexibility index (Phi) is 2.39. The van der Waals surface area contributed by atoms with Gasteiger partial charge >= 0.3 is 0 Å². The zero-order valence-electron chi connectivity index (χ0n) is 8.23. The molecule has 14 heavy (non-hydrogen) atoms. The van der Waals surface area contributed by atoms with Gasteiger partial charge in [-0.3, -0.25) is 4.79 Å². The highest BCUT2D eigenvalue weighted by atomic mass is 16.1. The minimum Gasteiger partial charge on any atom is -0.381 e. The summed E-state index contributed by atoms with van der Waals surface area (Å²) < 4.78 is 1.57. The molecular formula is C11H14N2O. The molecule has 1 aliphatic carbocycles. The Bertz CT molecular complexity index is 398. The summed E-state index contributed by atoms with van der Waals surface area (Å²) >= 11 is 0. The molecule has 0 saturated carbocycles. The lowest BCUT2D eigenvalue weighted by Crippen LogP contribution is -2.19. The van der Waals surface area contributed by atoms with Crippen molar-refractivity contribution in [2.45, 2.75) is 18.9 Å². The van der Waals surface area contributed by atoms with Gasteiger partial charge in [-0.15, -0.1) is 0 Å². The standard InChI is InChI=1S/C11H14N2O/c1-13-7-6-10(8-11(13)14)12-9-4-2-3-5-9/h2-3,6-9,12H,4-5H2,1H3. The normalized spacial score (nSPS) is 16.1. The summed E-state index contributed by atoms with van der Waals surface area (Å²) in [6.45, 7) is 0. The van der Waals surface area contributed by atoms with Crippen molar-refractivity contribution in [2.24, 2.45) is 7.05 Å². The average molecular weight is 190 g/mol. The fraction of sp³-hybridized carbons (Fsp3) is 0.364. The van der Waals surface area contributed by atoms with E-state index in [-0.39, 0.29) is 5.56 Å². The van der Waals surface area contributed by atoms with Crippen LogP contribution in [0.5, 0.6) is 0 Å². The first-order valence-corrected chi connectivity index (χ1v) is 4.84. The molecule has 1 aromatic heterocycles. The molecule has 74 valence electrons. The van der Waals surface area contributed by atoms with Crippen LogP contribution in [-0.2, 0) is 7.05 Å². The maximum atomic E-state index is 11.3. The van der Waals surface area contributed by atoms with E-state index in [4.69, 9.17) is 0 Å². The summed E-state index contributed by atoms with van der Waals surface area (Å²) in [6.07, 6.45) is 8.22.